The summed E-state index contributed by atoms with van der Waals surface area (Å²) >= 11 is 0. The van der Waals surface area contributed by atoms with Gasteiger partial charge >= 0.3 is 0 Å². The van der Waals surface area contributed by atoms with Gasteiger partial charge in [0, 0.05) is 10.6 Å². The lowest BCUT2D eigenvalue weighted by molar-refractivity contribution is 0.454. The van der Waals surface area contributed by atoms with Gasteiger partial charge in [0.05, 0.1) is 0 Å². The molecule has 0 radical (unpaired) electrons. The largest absolute Gasteiger partial charge is 0.494 e. The number of nitriles is 1. The van der Waals surface area contributed by atoms with Gasteiger partial charge in [-0.3, -0.25) is 0 Å². The summed E-state index contributed by atoms with van der Waals surface area (Å²) in [4.78, 5) is 2.49. The number of H-pyrrole nitrogens is 1. The number of rotatable bonds is 0. The van der Waals surface area contributed by atoms with E-state index >= 15 is 0 Å². The van der Waals surface area contributed by atoms with Gasteiger partial charge in [-0.15, -0.1) is 0 Å². The molecule has 1 heterocycles. The van der Waals surface area contributed by atoms with Gasteiger partial charge in [-0.25, -0.2) is 0 Å². The minimum Gasteiger partial charge on any atom is -0.494 e. The Hall–Kier alpha value is -1.69. The molecular formula is C7H6N2O. The van der Waals surface area contributed by atoms with Crippen molar-refractivity contribution in [3.8, 4) is 11.9 Å². The summed E-state index contributed by atoms with van der Waals surface area (Å²) < 4.78 is 0. The van der Waals surface area contributed by atoms with E-state index in [-0.39, 0.29) is 11.4 Å². The lowest BCUT2D eigenvalue weighted by Crippen LogP contribution is -2.20. The maximum absolute atomic E-state index is 8.95. The zero-order valence-electron chi connectivity index (χ0n) is 5.31. The Bertz CT molecular complexity index is 383. The molecule has 0 amide bonds. The van der Waals surface area contributed by atoms with Crippen LogP contribution in [0.25, 0.3) is 13.2 Å². The van der Waals surface area contributed by atoms with Crippen molar-refractivity contribution in [1.82, 2.24) is 4.98 Å². The van der Waals surface area contributed by atoms with Gasteiger partial charge in [0.2, 0.25) is 5.88 Å². The third-order valence-electron chi connectivity index (χ3n) is 1.28. The van der Waals surface area contributed by atoms with Crippen LogP contribution in [0.15, 0.2) is 0 Å². The van der Waals surface area contributed by atoms with E-state index in [1.807, 2.05) is 0 Å². The maximum atomic E-state index is 8.95. The maximum Gasteiger partial charge on any atom is 0.207 e. The third kappa shape index (κ3) is 0.669. The summed E-state index contributed by atoms with van der Waals surface area (Å²) in [6, 6.07) is 1.80. The Labute approximate surface area is 57.5 Å². The van der Waals surface area contributed by atoms with Gasteiger partial charge in [0.25, 0.3) is 0 Å². The summed E-state index contributed by atoms with van der Waals surface area (Å²) in [5, 5.41) is 18.3. The van der Waals surface area contributed by atoms with Gasteiger partial charge in [0.1, 0.15) is 11.6 Å². The highest BCUT2D eigenvalue weighted by molar-refractivity contribution is 5.41. The van der Waals surface area contributed by atoms with Gasteiger partial charge in [-0.1, -0.05) is 13.2 Å². The summed E-state index contributed by atoms with van der Waals surface area (Å²) in [5.74, 6) is -0.155. The van der Waals surface area contributed by atoms with Crippen molar-refractivity contribution in [1.29, 1.82) is 5.26 Å². The molecule has 1 aromatic heterocycles. The first-order valence-electron chi connectivity index (χ1n) is 2.65. The van der Waals surface area contributed by atoms with Gasteiger partial charge in [-0.2, -0.15) is 5.26 Å². The molecule has 0 spiro atoms. The molecule has 0 aromatic carbocycles. The van der Waals surface area contributed by atoms with Crippen LogP contribution in [0, 0.1) is 11.3 Å². The highest BCUT2D eigenvalue weighted by atomic mass is 16.3. The van der Waals surface area contributed by atoms with Gasteiger partial charge in [-0.05, 0) is 0 Å². The second-order valence-corrected chi connectivity index (χ2v) is 1.92. The summed E-state index contributed by atoms with van der Waals surface area (Å²) in [6.07, 6.45) is 0. The third-order valence-corrected chi connectivity index (χ3v) is 1.28. The average molecular weight is 134 g/mol. The Kier molecular flexibility index (Phi) is 1.24. The quantitative estimate of drug-likeness (QED) is 0.498. The summed E-state index contributed by atoms with van der Waals surface area (Å²) in [5.41, 5.74) is 0.171. The van der Waals surface area contributed by atoms with Crippen LogP contribution >= 0.6 is 0 Å². The molecule has 3 heteroatoms. The predicted octanol–water partition coefficient (Wildman–Crippen LogP) is -0.587. The predicted molar refractivity (Wildman–Crippen MR) is 37.5 cm³/mol. The zero-order chi connectivity index (χ0) is 7.72. The molecular weight excluding hydrogens is 128 g/mol. The number of aromatic amines is 1. The number of nitrogens with zero attached hydrogens (tertiary/aromatic N) is 1. The number of aromatic hydroxyl groups is 1. The molecule has 3 nitrogen and oxygen atoms in total. The lowest BCUT2D eigenvalue weighted by Gasteiger charge is -1.79. The first-order chi connectivity index (χ1) is 4.66. The molecule has 1 rings (SSSR count). The van der Waals surface area contributed by atoms with Crippen molar-refractivity contribution < 1.29 is 5.11 Å². The fourth-order valence-electron chi connectivity index (χ4n) is 0.695. The molecule has 0 aliphatic rings. The van der Waals surface area contributed by atoms with Crippen LogP contribution < -0.4 is 10.6 Å². The van der Waals surface area contributed by atoms with Crippen LogP contribution in [-0.2, 0) is 0 Å². The minimum atomic E-state index is -0.155. The van der Waals surface area contributed by atoms with Crippen molar-refractivity contribution in [3.63, 3.8) is 0 Å². The Morgan fingerprint density at radius 2 is 2.10 bits per heavy atom. The van der Waals surface area contributed by atoms with E-state index in [9.17, 15) is 0 Å². The van der Waals surface area contributed by atoms with E-state index < -0.39 is 0 Å². The molecule has 0 unspecified atom stereocenters. The first-order valence-corrected chi connectivity index (χ1v) is 2.65. The van der Waals surface area contributed by atoms with Crippen LogP contribution in [-0.4, -0.2) is 10.1 Å². The number of hydrogen-bond acceptors (Lipinski definition) is 2. The van der Waals surface area contributed by atoms with E-state index in [0.717, 1.165) is 0 Å². The number of hydrogen-bond donors (Lipinski definition) is 2. The summed E-state index contributed by atoms with van der Waals surface area (Å²) in [7, 11) is 0. The van der Waals surface area contributed by atoms with Crippen molar-refractivity contribution in [2.45, 2.75) is 0 Å². The number of nitrogens with one attached hydrogen (secondary N) is 1. The monoisotopic (exact) mass is 134 g/mol. The normalized spacial score (nSPS) is 9.10. The zero-order valence-corrected chi connectivity index (χ0v) is 5.31. The smallest absolute Gasteiger partial charge is 0.207 e. The molecule has 10 heavy (non-hydrogen) atoms. The lowest BCUT2D eigenvalue weighted by atomic mass is 10.3. The molecule has 0 atom stereocenters. The van der Waals surface area contributed by atoms with E-state index in [4.69, 9.17) is 10.4 Å². The first kappa shape index (κ1) is 6.43. The van der Waals surface area contributed by atoms with Crippen LogP contribution in [0.2, 0.25) is 0 Å². The Morgan fingerprint density at radius 1 is 1.50 bits per heavy atom. The molecule has 0 aliphatic carbocycles. The Balaban J connectivity index is 3.70. The fraction of sp³-hybridized carbons (Fsp3) is 0. The minimum absolute atomic E-state index is 0.155. The van der Waals surface area contributed by atoms with Crippen LogP contribution in [0.5, 0.6) is 5.88 Å². The second kappa shape index (κ2) is 1.92. The molecule has 0 bridgehead atoms. The van der Waals surface area contributed by atoms with Crippen LogP contribution in [0.1, 0.15) is 5.56 Å². The average Bonchev–Trinajstić information content (AvgIpc) is 2.09. The number of aromatic nitrogens is 1. The van der Waals surface area contributed by atoms with Crippen LogP contribution in [0.3, 0.4) is 0 Å². The van der Waals surface area contributed by atoms with Crippen molar-refractivity contribution >= 4 is 13.2 Å². The fourth-order valence-corrected chi connectivity index (χ4v) is 0.695. The molecule has 0 fully saturated rings. The van der Waals surface area contributed by atoms with Crippen molar-refractivity contribution in [3.05, 3.63) is 16.1 Å². The molecule has 0 saturated heterocycles. The van der Waals surface area contributed by atoms with E-state index in [1.165, 1.54) is 0 Å². The highest BCUT2D eigenvalue weighted by Gasteiger charge is 2.02. The molecule has 2 N–H and O–H groups in total. The SMILES string of the molecule is C=c1[nH]c(O)c(C#N)c1=C. The van der Waals surface area contributed by atoms with Gasteiger partial charge < -0.3 is 10.1 Å². The van der Waals surface area contributed by atoms with Crippen molar-refractivity contribution in [2.24, 2.45) is 0 Å². The van der Waals surface area contributed by atoms with E-state index in [1.54, 1.807) is 6.07 Å². The standard InChI is InChI=1S/C7H6N2O/c1-4-5(2)9-7(10)6(4)3-8/h9-10H,1-2H2. The summed E-state index contributed by atoms with van der Waals surface area (Å²) in [6.45, 7) is 7.06. The molecule has 0 aliphatic heterocycles. The van der Waals surface area contributed by atoms with E-state index in [2.05, 4.69) is 18.1 Å². The van der Waals surface area contributed by atoms with Gasteiger partial charge in [0.15, 0.2) is 0 Å². The molecule has 50 valence electrons. The van der Waals surface area contributed by atoms with Crippen molar-refractivity contribution in [2.75, 3.05) is 0 Å². The molecule has 0 saturated carbocycles. The van der Waals surface area contributed by atoms with Crippen LogP contribution in [0.4, 0.5) is 0 Å². The highest BCUT2D eigenvalue weighted by Crippen LogP contribution is 2.01. The topological polar surface area (TPSA) is 59.8 Å². The Morgan fingerprint density at radius 3 is 2.30 bits per heavy atom. The second-order valence-electron chi connectivity index (χ2n) is 1.92. The molecule has 1 aromatic rings. The van der Waals surface area contributed by atoms with E-state index in [0.29, 0.717) is 10.6 Å².